The zero-order valence-electron chi connectivity index (χ0n) is 13.7. The van der Waals surface area contributed by atoms with Crippen LogP contribution in [0.5, 0.6) is 0 Å². The summed E-state index contributed by atoms with van der Waals surface area (Å²) in [5, 5.41) is 1.94. The van der Waals surface area contributed by atoms with E-state index in [1.807, 2.05) is 36.4 Å². The number of Topliss-reactive ketones (excluding diaryl/α,β-unsaturated/α-hetero) is 1. The van der Waals surface area contributed by atoms with E-state index in [2.05, 4.69) is 0 Å². The molecule has 2 aromatic rings. The third-order valence-corrected chi connectivity index (χ3v) is 5.77. The molecule has 2 aliphatic carbocycles. The zero-order valence-corrected chi connectivity index (χ0v) is 13.7. The molecule has 2 bridgehead atoms. The summed E-state index contributed by atoms with van der Waals surface area (Å²) in [5.74, 6) is 1.65. The number of ether oxygens (including phenoxy) is 1. The SMILES string of the molecule is O=C(CC1CC2CCC1C2)OCC(=O)c1cccc2ccccc12. The molecule has 124 valence electrons. The predicted octanol–water partition coefficient (Wildman–Crippen LogP) is 4.39. The summed E-state index contributed by atoms with van der Waals surface area (Å²) in [5.41, 5.74) is 0.626. The lowest BCUT2D eigenvalue weighted by Crippen LogP contribution is -2.19. The van der Waals surface area contributed by atoms with Gasteiger partial charge < -0.3 is 4.74 Å². The van der Waals surface area contributed by atoms with Gasteiger partial charge in [0.25, 0.3) is 0 Å². The fourth-order valence-corrected chi connectivity index (χ4v) is 4.59. The number of rotatable bonds is 5. The Morgan fingerprint density at radius 2 is 1.83 bits per heavy atom. The quantitative estimate of drug-likeness (QED) is 0.605. The van der Waals surface area contributed by atoms with E-state index >= 15 is 0 Å². The normalized spacial score (nSPS) is 25.1. The van der Waals surface area contributed by atoms with Gasteiger partial charge in [-0.3, -0.25) is 9.59 Å². The van der Waals surface area contributed by atoms with Gasteiger partial charge >= 0.3 is 5.97 Å². The van der Waals surface area contributed by atoms with Crippen LogP contribution in [0.4, 0.5) is 0 Å². The Labute approximate surface area is 142 Å². The molecule has 0 heterocycles. The molecule has 3 heteroatoms. The summed E-state index contributed by atoms with van der Waals surface area (Å²) in [6.07, 6.45) is 5.52. The second-order valence-corrected chi connectivity index (χ2v) is 7.25. The number of hydrogen-bond donors (Lipinski definition) is 0. The van der Waals surface area contributed by atoms with Gasteiger partial charge in [-0.2, -0.15) is 0 Å². The number of carbonyl (C=O) groups is 2. The van der Waals surface area contributed by atoms with Crippen LogP contribution in [-0.2, 0) is 9.53 Å². The van der Waals surface area contributed by atoms with Crippen LogP contribution in [0.15, 0.2) is 42.5 Å². The number of hydrogen-bond acceptors (Lipinski definition) is 3. The first kappa shape index (κ1) is 15.4. The third kappa shape index (κ3) is 2.95. The summed E-state index contributed by atoms with van der Waals surface area (Å²) in [6.45, 7) is -0.159. The van der Waals surface area contributed by atoms with E-state index in [-0.39, 0.29) is 18.4 Å². The third-order valence-electron chi connectivity index (χ3n) is 5.77. The van der Waals surface area contributed by atoms with Gasteiger partial charge in [0.2, 0.25) is 5.78 Å². The number of benzene rings is 2. The first-order chi connectivity index (χ1) is 11.7. The van der Waals surface area contributed by atoms with Crippen LogP contribution in [0.1, 0.15) is 42.5 Å². The van der Waals surface area contributed by atoms with Gasteiger partial charge in [-0.1, -0.05) is 48.9 Å². The van der Waals surface area contributed by atoms with E-state index in [1.165, 1.54) is 19.3 Å². The molecule has 2 saturated carbocycles. The van der Waals surface area contributed by atoms with Crippen LogP contribution in [0, 0.1) is 17.8 Å². The Morgan fingerprint density at radius 3 is 2.62 bits per heavy atom. The van der Waals surface area contributed by atoms with Crippen molar-refractivity contribution in [1.29, 1.82) is 0 Å². The molecular weight excluding hydrogens is 300 g/mol. The van der Waals surface area contributed by atoms with E-state index < -0.39 is 0 Å². The fourth-order valence-electron chi connectivity index (χ4n) is 4.59. The molecule has 24 heavy (non-hydrogen) atoms. The van der Waals surface area contributed by atoms with Gasteiger partial charge in [0.05, 0.1) is 0 Å². The molecule has 3 nitrogen and oxygen atoms in total. The molecule has 0 saturated heterocycles. The van der Waals surface area contributed by atoms with Crippen molar-refractivity contribution in [3.8, 4) is 0 Å². The first-order valence-electron chi connectivity index (χ1n) is 8.87. The van der Waals surface area contributed by atoms with Crippen LogP contribution >= 0.6 is 0 Å². The Morgan fingerprint density at radius 1 is 1.00 bits per heavy atom. The second-order valence-electron chi connectivity index (χ2n) is 7.25. The molecule has 0 aliphatic heterocycles. The Balaban J connectivity index is 1.36. The molecule has 2 fully saturated rings. The number of ketones is 1. The largest absolute Gasteiger partial charge is 0.457 e. The Kier molecular flexibility index (Phi) is 4.09. The van der Waals surface area contributed by atoms with Crippen molar-refractivity contribution in [2.45, 2.75) is 32.1 Å². The highest BCUT2D eigenvalue weighted by molar-refractivity contribution is 6.09. The van der Waals surface area contributed by atoms with E-state index in [0.29, 0.717) is 23.8 Å². The van der Waals surface area contributed by atoms with Crippen molar-refractivity contribution in [2.75, 3.05) is 6.61 Å². The van der Waals surface area contributed by atoms with Gasteiger partial charge in [0, 0.05) is 12.0 Å². The number of carbonyl (C=O) groups excluding carboxylic acids is 2. The van der Waals surface area contributed by atoms with E-state index in [9.17, 15) is 9.59 Å². The molecule has 3 atom stereocenters. The fraction of sp³-hybridized carbons (Fsp3) is 0.429. The zero-order chi connectivity index (χ0) is 16.5. The van der Waals surface area contributed by atoms with Gasteiger partial charge in [-0.25, -0.2) is 0 Å². The van der Waals surface area contributed by atoms with Crippen molar-refractivity contribution < 1.29 is 14.3 Å². The Bertz CT molecular complexity index is 774. The molecule has 0 N–H and O–H groups in total. The minimum Gasteiger partial charge on any atom is -0.457 e. The maximum atomic E-state index is 12.5. The lowest BCUT2D eigenvalue weighted by molar-refractivity contribution is -0.144. The predicted molar refractivity (Wildman–Crippen MR) is 92.8 cm³/mol. The number of esters is 1. The highest BCUT2D eigenvalue weighted by Crippen LogP contribution is 2.49. The average Bonchev–Trinajstić information content (AvgIpc) is 3.22. The van der Waals surface area contributed by atoms with Crippen LogP contribution in [0.3, 0.4) is 0 Å². The molecule has 4 rings (SSSR count). The monoisotopic (exact) mass is 322 g/mol. The summed E-state index contributed by atoms with van der Waals surface area (Å²) in [6, 6.07) is 13.4. The highest BCUT2D eigenvalue weighted by Gasteiger charge is 2.40. The van der Waals surface area contributed by atoms with Gasteiger partial charge in [-0.15, -0.1) is 0 Å². The van der Waals surface area contributed by atoms with Crippen molar-refractivity contribution in [3.05, 3.63) is 48.0 Å². The maximum Gasteiger partial charge on any atom is 0.306 e. The molecule has 2 aliphatic rings. The first-order valence-corrected chi connectivity index (χ1v) is 8.87. The van der Waals surface area contributed by atoms with Crippen LogP contribution < -0.4 is 0 Å². The highest BCUT2D eigenvalue weighted by atomic mass is 16.5. The summed E-state index contributed by atoms with van der Waals surface area (Å²) in [4.78, 5) is 24.6. The topological polar surface area (TPSA) is 43.4 Å². The lowest BCUT2D eigenvalue weighted by atomic mass is 9.86. The van der Waals surface area contributed by atoms with Gasteiger partial charge in [0.1, 0.15) is 0 Å². The molecule has 0 amide bonds. The van der Waals surface area contributed by atoms with E-state index in [0.717, 1.165) is 23.1 Å². The molecule has 2 aromatic carbocycles. The smallest absolute Gasteiger partial charge is 0.306 e. The van der Waals surface area contributed by atoms with E-state index in [1.54, 1.807) is 6.07 Å². The lowest BCUT2D eigenvalue weighted by Gasteiger charge is -2.20. The summed E-state index contributed by atoms with van der Waals surface area (Å²) >= 11 is 0. The standard InChI is InChI=1S/C21H22O3/c22-20(19-7-3-5-15-4-1-2-6-18(15)19)13-24-21(23)12-17-11-14-8-9-16(17)10-14/h1-7,14,16-17H,8-13H2. The van der Waals surface area contributed by atoms with Crippen LogP contribution in [-0.4, -0.2) is 18.4 Å². The van der Waals surface area contributed by atoms with Crippen LogP contribution in [0.2, 0.25) is 0 Å². The number of fused-ring (bicyclic) bond motifs is 3. The molecule has 3 unspecified atom stereocenters. The maximum absolute atomic E-state index is 12.5. The van der Waals surface area contributed by atoms with Gasteiger partial charge in [-0.05, 0) is 47.8 Å². The molecule has 0 aromatic heterocycles. The van der Waals surface area contributed by atoms with Crippen LogP contribution in [0.25, 0.3) is 10.8 Å². The molecular formula is C21H22O3. The van der Waals surface area contributed by atoms with Crippen molar-refractivity contribution in [3.63, 3.8) is 0 Å². The average molecular weight is 322 g/mol. The Hall–Kier alpha value is -2.16. The summed E-state index contributed by atoms with van der Waals surface area (Å²) < 4.78 is 5.29. The second kappa shape index (κ2) is 6.39. The van der Waals surface area contributed by atoms with Crippen molar-refractivity contribution >= 4 is 22.5 Å². The molecule has 0 radical (unpaired) electrons. The summed E-state index contributed by atoms with van der Waals surface area (Å²) in [7, 11) is 0. The minimum absolute atomic E-state index is 0.131. The van der Waals surface area contributed by atoms with Gasteiger partial charge in [0.15, 0.2) is 6.61 Å². The minimum atomic E-state index is -0.221. The van der Waals surface area contributed by atoms with Crippen molar-refractivity contribution in [2.24, 2.45) is 17.8 Å². The molecule has 0 spiro atoms. The van der Waals surface area contributed by atoms with E-state index in [4.69, 9.17) is 4.74 Å². The van der Waals surface area contributed by atoms with Crippen molar-refractivity contribution in [1.82, 2.24) is 0 Å².